The molecule has 0 bridgehead atoms. The molecule has 0 radical (unpaired) electrons. The lowest BCUT2D eigenvalue weighted by atomic mass is 10.0. The van der Waals surface area contributed by atoms with E-state index >= 15 is 0 Å². The lowest BCUT2D eigenvalue weighted by molar-refractivity contribution is -0.0938. The average molecular weight is 415 g/mol. The fraction of sp³-hybridized carbons (Fsp3) is 0.917. The second kappa shape index (κ2) is 18.3. The van der Waals surface area contributed by atoms with Crippen LogP contribution in [0, 0.1) is 0 Å². The van der Waals surface area contributed by atoms with Crippen LogP contribution in [-0.4, -0.2) is 59.6 Å². The smallest absolute Gasteiger partial charge is 0.114 e. The van der Waals surface area contributed by atoms with Crippen LogP contribution in [-0.2, 0) is 9.47 Å². The zero-order chi connectivity index (χ0) is 21.2. The van der Waals surface area contributed by atoms with Crippen molar-refractivity contribution in [2.24, 2.45) is 0 Å². The van der Waals surface area contributed by atoms with Crippen molar-refractivity contribution in [3.63, 3.8) is 0 Å². The van der Waals surface area contributed by atoms with E-state index in [1.165, 1.54) is 77.0 Å². The average Bonchev–Trinajstić information content (AvgIpc) is 3.10. The molecule has 0 saturated carbocycles. The van der Waals surface area contributed by atoms with Gasteiger partial charge in [0.1, 0.15) is 24.4 Å². The molecular weight excluding hydrogens is 368 g/mol. The van der Waals surface area contributed by atoms with Crippen molar-refractivity contribution in [3.8, 4) is 0 Å². The van der Waals surface area contributed by atoms with Crippen molar-refractivity contribution in [2.75, 3.05) is 19.8 Å². The molecule has 0 spiro atoms. The first-order valence-corrected chi connectivity index (χ1v) is 12.0. The Morgan fingerprint density at radius 1 is 0.897 bits per heavy atom. The second-order valence-electron chi connectivity index (χ2n) is 8.40. The number of allylic oxidation sites excluding steroid dienone is 2. The molecule has 1 fully saturated rings. The van der Waals surface area contributed by atoms with E-state index in [2.05, 4.69) is 19.1 Å². The van der Waals surface area contributed by atoms with Crippen molar-refractivity contribution in [1.82, 2.24) is 0 Å². The Labute approximate surface area is 178 Å². The Balaban J connectivity index is 1.83. The Bertz CT molecular complexity index is 387. The van der Waals surface area contributed by atoms with Crippen LogP contribution >= 0.6 is 0 Å². The highest BCUT2D eigenvalue weighted by Gasteiger charge is 2.40. The maximum absolute atomic E-state index is 9.89. The van der Waals surface area contributed by atoms with Crippen LogP contribution in [0.1, 0.15) is 96.8 Å². The van der Waals surface area contributed by atoms with E-state index in [1.54, 1.807) is 0 Å². The predicted octanol–water partition coefficient (Wildman–Crippen LogP) is 4.52. The van der Waals surface area contributed by atoms with E-state index in [4.69, 9.17) is 14.6 Å². The fourth-order valence-electron chi connectivity index (χ4n) is 3.95. The summed E-state index contributed by atoms with van der Waals surface area (Å²) in [7, 11) is 0. The normalized spacial score (nSPS) is 23.2. The molecule has 0 aliphatic carbocycles. The molecule has 1 saturated heterocycles. The molecule has 5 heteroatoms. The summed E-state index contributed by atoms with van der Waals surface area (Å²) in [5.74, 6) is 0. The molecule has 0 aromatic rings. The van der Waals surface area contributed by atoms with E-state index in [1.807, 2.05) is 0 Å². The zero-order valence-electron chi connectivity index (χ0n) is 18.6. The SMILES string of the molecule is C/C=C/CCCCCCCCCCCCCCCO[C@H]1[C@@H]([C@H](O)CO)OC[C@@H]1O. The first-order valence-electron chi connectivity index (χ1n) is 12.0. The maximum Gasteiger partial charge on any atom is 0.114 e. The minimum atomic E-state index is -1.000. The fourth-order valence-corrected chi connectivity index (χ4v) is 3.95. The van der Waals surface area contributed by atoms with Crippen LogP contribution in [0.4, 0.5) is 0 Å². The number of aliphatic hydroxyl groups excluding tert-OH is 3. The third kappa shape index (κ3) is 12.7. The van der Waals surface area contributed by atoms with Gasteiger partial charge in [-0.3, -0.25) is 0 Å². The molecule has 0 unspecified atom stereocenters. The molecule has 172 valence electrons. The van der Waals surface area contributed by atoms with Crippen molar-refractivity contribution in [3.05, 3.63) is 12.2 Å². The van der Waals surface area contributed by atoms with Gasteiger partial charge in [-0.15, -0.1) is 0 Å². The lowest BCUT2D eigenvalue weighted by Crippen LogP contribution is -2.42. The van der Waals surface area contributed by atoms with E-state index in [-0.39, 0.29) is 13.2 Å². The monoisotopic (exact) mass is 414 g/mol. The van der Waals surface area contributed by atoms with Gasteiger partial charge in [-0.05, 0) is 26.2 Å². The van der Waals surface area contributed by atoms with Gasteiger partial charge in [0.05, 0.1) is 13.2 Å². The van der Waals surface area contributed by atoms with Gasteiger partial charge in [0.25, 0.3) is 0 Å². The van der Waals surface area contributed by atoms with Crippen LogP contribution in [0.2, 0.25) is 0 Å². The molecule has 0 amide bonds. The Kier molecular flexibility index (Phi) is 16.8. The van der Waals surface area contributed by atoms with E-state index in [0.29, 0.717) is 6.61 Å². The minimum Gasteiger partial charge on any atom is -0.394 e. The summed E-state index contributed by atoms with van der Waals surface area (Å²) >= 11 is 0. The van der Waals surface area contributed by atoms with Gasteiger partial charge in [0.15, 0.2) is 0 Å². The van der Waals surface area contributed by atoms with Gasteiger partial charge in [-0.2, -0.15) is 0 Å². The van der Waals surface area contributed by atoms with E-state index in [9.17, 15) is 10.2 Å². The van der Waals surface area contributed by atoms with Crippen molar-refractivity contribution in [1.29, 1.82) is 0 Å². The molecule has 0 aromatic heterocycles. The van der Waals surface area contributed by atoms with Gasteiger partial charge in [0, 0.05) is 6.61 Å². The topological polar surface area (TPSA) is 79.2 Å². The number of hydrogen-bond acceptors (Lipinski definition) is 5. The summed E-state index contributed by atoms with van der Waals surface area (Å²) in [6, 6.07) is 0. The summed E-state index contributed by atoms with van der Waals surface area (Å²) in [4.78, 5) is 0. The van der Waals surface area contributed by atoms with Gasteiger partial charge < -0.3 is 24.8 Å². The quantitative estimate of drug-likeness (QED) is 0.214. The predicted molar refractivity (Wildman–Crippen MR) is 118 cm³/mol. The molecule has 29 heavy (non-hydrogen) atoms. The highest BCUT2D eigenvalue weighted by molar-refractivity contribution is 4.89. The molecule has 0 aromatic carbocycles. The Morgan fingerprint density at radius 2 is 1.41 bits per heavy atom. The van der Waals surface area contributed by atoms with E-state index in [0.717, 1.165) is 12.8 Å². The first-order chi connectivity index (χ1) is 14.2. The lowest BCUT2D eigenvalue weighted by Gasteiger charge is -2.23. The van der Waals surface area contributed by atoms with Crippen LogP contribution < -0.4 is 0 Å². The van der Waals surface area contributed by atoms with E-state index < -0.39 is 24.4 Å². The molecule has 1 rings (SSSR count). The highest BCUT2D eigenvalue weighted by Crippen LogP contribution is 2.21. The summed E-state index contributed by atoms with van der Waals surface area (Å²) in [5.41, 5.74) is 0. The standard InChI is InChI=1S/C24H46O5/c1-2-3-4-5-6-7-8-9-10-11-12-13-14-15-16-17-18-28-24-22(27)20-29-23(24)21(26)19-25/h2-3,21-27H,4-20H2,1H3/b3-2+/t21-,22+,23-,24-/m1/s1. The molecule has 1 aliphatic heterocycles. The molecule has 1 heterocycles. The van der Waals surface area contributed by atoms with Crippen LogP contribution in [0.3, 0.4) is 0 Å². The highest BCUT2D eigenvalue weighted by atomic mass is 16.6. The number of ether oxygens (including phenoxy) is 2. The summed E-state index contributed by atoms with van der Waals surface area (Å²) in [6.45, 7) is 2.43. The van der Waals surface area contributed by atoms with Gasteiger partial charge in [0.2, 0.25) is 0 Å². The first kappa shape index (κ1) is 26.6. The van der Waals surface area contributed by atoms with Crippen molar-refractivity contribution in [2.45, 2.75) is 121 Å². The van der Waals surface area contributed by atoms with Gasteiger partial charge in [-0.25, -0.2) is 0 Å². The summed E-state index contributed by atoms with van der Waals surface area (Å²) in [6.07, 6.45) is 19.7. The third-order valence-corrected chi connectivity index (χ3v) is 5.79. The summed E-state index contributed by atoms with van der Waals surface area (Å²) in [5, 5.41) is 28.7. The molecule has 1 aliphatic rings. The molecular formula is C24H46O5. The summed E-state index contributed by atoms with van der Waals surface area (Å²) < 4.78 is 11.0. The van der Waals surface area contributed by atoms with Crippen LogP contribution in [0.5, 0.6) is 0 Å². The maximum atomic E-state index is 9.89. The van der Waals surface area contributed by atoms with Crippen LogP contribution in [0.15, 0.2) is 12.2 Å². The molecule has 4 atom stereocenters. The Morgan fingerprint density at radius 3 is 1.93 bits per heavy atom. The van der Waals surface area contributed by atoms with Gasteiger partial charge >= 0.3 is 0 Å². The van der Waals surface area contributed by atoms with Gasteiger partial charge in [-0.1, -0.05) is 82.8 Å². The Hall–Kier alpha value is -0.460. The number of unbranched alkanes of at least 4 members (excludes halogenated alkanes) is 13. The number of aliphatic hydroxyl groups is 3. The third-order valence-electron chi connectivity index (χ3n) is 5.79. The van der Waals surface area contributed by atoms with Crippen molar-refractivity contribution < 1.29 is 24.8 Å². The molecule has 3 N–H and O–H groups in total. The zero-order valence-corrected chi connectivity index (χ0v) is 18.6. The largest absolute Gasteiger partial charge is 0.394 e. The number of rotatable bonds is 19. The minimum absolute atomic E-state index is 0.156. The molecule has 5 nitrogen and oxygen atoms in total. The number of hydrogen-bond donors (Lipinski definition) is 3. The second-order valence-corrected chi connectivity index (χ2v) is 8.40. The van der Waals surface area contributed by atoms with Crippen LogP contribution in [0.25, 0.3) is 0 Å². The van der Waals surface area contributed by atoms with Crippen molar-refractivity contribution >= 4 is 0 Å².